The first-order chi connectivity index (χ1) is 21.5. The summed E-state index contributed by atoms with van der Waals surface area (Å²) in [6, 6.07) is 20.4. The number of carbonyl (C=O) groups is 2. The number of hydrogen-bond acceptors (Lipinski definition) is 7. The predicted octanol–water partition coefficient (Wildman–Crippen LogP) is 7.59. The lowest BCUT2D eigenvalue weighted by Crippen LogP contribution is -2.35. The fourth-order valence-electron chi connectivity index (χ4n) is 5.61. The Labute approximate surface area is 257 Å². The smallest absolute Gasteiger partial charge is 0.332 e. The number of para-hydroxylation sites is 1. The van der Waals surface area contributed by atoms with E-state index in [0.717, 1.165) is 24.3 Å². The van der Waals surface area contributed by atoms with Gasteiger partial charge in [0.2, 0.25) is 0 Å². The van der Waals surface area contributed by atoms with Crippen LogP contribution in [0.3, 0.4) is 0 Å². The van der Waals surface area contributed by atoms with Gasteiger partial charge in [0.05, 0.1) is 16.8 Å². The molecule has 0 unspecified atom stereocenters. The summed E-state index contributed by atoms with van der Waals surface area (Å²) in [7, 11) is 0. The molecule has 0 aliphatic carbocycles. The van der Waals surface area contributed by atoms with Gasteiger partial charge in [-0.05, 0) is 74.3 Å². The minimum Gasteiger partial charge on any atom is -0.454 e. The summed E-state index contributed by atoms with van der Waals surface area (Å²) >= 11 is 1.16. The molecule has 1 fully saturated rings. The quantitative estimate of drug-likeness (QED) is 0.188. The molecular formula is C33H29FN6O3S. The predicted molar refractivity (Wildman–Crippen MR) is 170 cm³/mol. The van der Waals surface area contributed by atoms with Gasteiger partial charge in [0, 0.05) is 18.3 Å². The molecule has 0 radical (unpaired) electrons. The molecule has 5 aromatic rings. The fraction of sp³-hybridized carbons (Fsp3) is 0.212. The van der Waals surface area contributed by atoms with Crippen molar-refractivity contribution in [3.63, 3.8) is 0 Å². The molecule has 0 bridgehead atoms. The Bertz CT molecular complexity index is 1840. The summed E-state index contributed by atoms with van der Waals surface area (Å²) < 4.78 is 20.8. The SMILES string of the molecule is O=C(Nc1ccc(CCN2CCCCC2)cc1)c1sc2ncnc3c2c1NC(=O)N3c1ccc(Oc2ccccc2)c(F)c1. The molecule has 44 heavy (non-hydrogen) atoms. The summed E-state index contributed by atoms with van der Waals surface area (Å²) in [5.74, 6) is -0.228. The summed E-state index contributed by atoms with van der Waals surface area (Å²) in [4.78, 5) is 40.1. The molecule has 2 aliphatic heterocycles. The summed E-state index contributed by atoms with van der Waals surface area (Å²) in [5.41, 5.74) is 2.46. The van der Waals surface area contributed by atoms with Gasteiger partial charge in [-0.25, -0.2) is 24.1 Å². The molecule has 0 atom stereocenters. The summed E-state index contributed by atoms with van der Waals surface area (Å²) in [5, 5.41) is 6.28. The minimum atomic E-state index is -0.641. The number of benzene rings is 3. The van der Waals surface area contributed by atoms with Crippen molar-refractivity contribution >= 4 is 56.4 Å². The standard InChI is InChI=1S/C33H29FN6O3S/c34-25-19-23(13-14-26(25)43-24-7-3-1-4-8-24)40-30-27-28(38-33(40)42)29(44-32(27)36-20-35-30)31(41)37-22-11-9-21(10-12-22)15-18-39-16-5-2-6-17-39/h1,3-4,7-14,19-20H,2,5-6,15-18H2,(H,37,41)(H,38,42). The molecule has 2 aliphatic rings. The number of nitrogens with one attached hydrogen (secondary N) is 2. The number of likely N-dealkylation sites (tertiary alicyclic amines) is 1. The van der Waals surface area contributed by atoms with Crippen LogP contribution >= 0.6 is 11.3 Å². The van der Waals surface area contributed by atoms with Crippen molar-refractivity contribution in [1.82, 2.24) is 14.9 Å². The number of rotatable bonds is 8. The molecule has 11 heteroatoms. The summed E-state index contributed by atoms with van der Waals surface area (Å²) in [6.07, 6.45) is 6.16. The third kappa shape index (κ3) is 5.59. The minimum absolute atomic E-state index is 0.0235. The lowest BCUT2D eigenvalue weighted by atomic mass is 10.1. The number of carbonyl (C=O) groups excluding carboxylic acids is 2. The number of aromatic nitrogens is 2. The van der Waals surface area contributed by atoms with Crippen LogP contribution in [0.15, 0.2) is 79.1 Å². The molecule has 2 aromatic heterocycles. The summed E-state index contributed by atoms with van der Waals surface area (Å²) in [6.45, 7) is 3.37. The molecule has 9 nitrogen and oxygen atoms in total. The highest BCUT2D eigenvalue weighted by molar-refractivity contribution is 7.21. The van der Waals surface area contributed by atoms with E-state index in [1.165, 1.54) is 61.3 Å². The Balaban J connectivity index is 1.10. The van der Waals surface area contributed by atoms with Gasteiger partial charge in [0.1, 0.15) is 21.8 Å². The van der Waals surface area contributed by atoms with E-state index in [4.69, 9.17) is 4.74 Å². The van der Waals surface area contributed by atoms with Crippen molar-refractivity contribution in [2.45, 2.75) is 25.7 Å². The highest BCUT2D eigenvalue weighted by Gasteiger charge is 2.34. The van der Waals surface area contributed by atoms with Crippen molar-refractivity contribution < 1.29 is 18.7 Å². The fourth-order valence-corrected chi connectivity index (χ4v) is 6.59. The maximum atomic E-state index is 15.1. The van der Waals surface area contributed by atoms with Crippen molar-refractivity contribution in [3.05, 3.63) is 95.4 Å². The first-order valence-corrected chi connectivity index (χ1v) is 15.4. The maximum absolute atomic E-state index is 15.1. The number of anilines is 4. The van der Waals surface area contributed by atoms with Crippen molar-refractivity contribution in [3.8, 4) is 11.5 Å². The van der Waals surface area contributed by atoms with E-state index in [0.29, 0.717) is 32.2 Å². The zero-order valence-electron chi connectivity index (χ0n) is 23.8. The molecule has 0 saturated carbocycles. The highest BCUT2D eigenvalue weighted by atomic mass is 32.1. The largest absolute Gasteiger partial charge is 0.454 e. The van der Waals surface area contributed by atoms with Crippen molar-refractivity contribution in [2.24, 2.45) is 0 Å². The Kier molecular flexibility index (Phi) is 7.63. The average molecular weight is 609 g/mol. The van der Waals surface area contributed by atoms with E-state index in [1.807, 2.05) is 30.3 Å². The van der Waals surface area contributed by atoms with Crippen LogP contribution in [-0.4, -0.2) is 46.4 Å². The molecule has 7 rings (SSSR count). The zero-order valence-corrected chi connectivity index (χ0v) is 24.6. The van der Waals surface area contributed by atoms with Crippen LogP contribution in [0.1, 0.15) is 34.5 Å². The lowest BCUT2D eigenvalue weighted by molar-refractivity contribution is 0.103. The Hall–Kier alpha value is -4.87. The Morgan fingerprint density at radius 2 is 1.80 bits per heavy atom. The van der Waals surface area contributed by atoms with Crippen LogP contribution in [0.5, 0.6) is 11.5 Å². The van der Waals surface area contributed by atoms with Gasteiger partial charge < -0.3 is 20.3 Å². The molecule has 2 N–H and O–H groups in total. The third-order valence-corrected chi connectivity index (χ3v) is 8.94. The number of ether oxygens (including phenoxy) is 1. The highest BCUT2D eigenvalue weighted by Crippen LogP contribution is 2.45. The molecule has 3 aromatic carbocycles. The van der Waals surface area contributed by atoms with E-state index in [-0.39, 0.29) is 23.2 Å². The maximum Gasteiger partial charge on any atom is 0.332 e. The van der Waals surface area contributed by atoms with Gasteiger partial charge in [-0.15, -0.1) is 11.3 Å². The topological polar surface area (TPSA) is 99.7 Å². The molecule has 222 valence electrons. The Morgan fingerprint density at radius 1 is 1.00 bits per heavy atom. The normalized spacial score (nSPS) is 14.8. The van der Waals surface area contributed by atoms with Crippen LogP contribution in [-0.2, 0) is 6.42 Å². The van der Waals surface area contributed by atoms with Gasteiger partial charge >= 0.3 is 6.03 Å². The van der Waals surface area contributed by atoms with Crippen LogP contribution in [0, 0.1) is 5.82 Å². The van der Waals surface area contributed by atoms with E-state index >= 15 is 4.39 Å². The lowest BCUT2D eigenvalue weighted by Gasteiger charge is -2.27. The number of piperidine rings is 1. The van der Waals surface area contributed by atoms with Gasteiger partial charge in [-0.3, -0.25) is 4.79 Å². The van der Waals surface area contributed by atoms with Crippen molar-refractivity contribution in [2.75, 3.05) is 35.2 Å². The van der Waals surface area contributed by atoms with Crippen LogP contribution in [0.25, 0.3) is 10.2 Å². The second-order valence-electron chi connectivity index (χ2n) is 10.8. The zero-order chi connectivity index (χ0) is 30.0. The van der Waals surface area contributed by atoms with E-state index in [1.54, 1.807) is 30.3 Å². The monoisotopic (exact) mass is 608 g/mol. The van der Waals surface area contributed by atoms with E-state index in [9.17, 15) is 9.59 Å². The van der Waals surface area contributed by atoms with Crippen LogP contribution in [0.4, 0.5) is 32.1 Å². The number of thiophene rings is 1. The van der Waals surface area contributed by atoms with E-state index < -0.39 is 11.8 Å². The van der Waals surface area contributed by atoms with Crippen molar-refractivity contribution in [1.29, 1.82) is 0 Å². The van der Waals surface area contributed by atoms with Gasteiger partial charge in [0.15, 0.2) is 17.4 Å². The number of urea groups is 1. The first-order valence-electron chi connectivity index (χ1n) is 14.6. The first kappa shape index (κ1) is 27.9. The molecule has 3 amide bonds. The molecule has 4 heterocycles. The van der Waals surface area contributed by atoms with Gasteiger partial charge in [0.25, 0.3) is 5.91 Å². The molecule has 1 saturated heterocycles. The second kappa shape index (κ2) is 12.0. The van der Waals surface area contributed by atoms with Gasteiger partial charge in [-0.1, -0.05) is 36.8 Å². The number of nitrogens with zero attached hydrogens (tertiary/aromatic N) is 4. The van der Waals surface area contributed by atoms with Gasteiger partial charge in [-0.2, -0.15) is 0 Å². The molecular weight excluding hydrogens is 579 g/mol. The van der Waals surface area contributed by atoms with Crippen LogP contribution < -0.4 is 20.3 Å². The number of amides is 3. The number of hydrogen-bond donors (Lipinski definition) is 2. The Morgan fingerprint density at radius 3 is 2.57 bits per heavy atom. The second-order valence-corrected chi connectivity index (χ2v) is 11.8. The average Bonchev–Trinajstić information content (AvgIpc) is 3.42. The number of halogens is 1. The van der Waals surface area contributed by atoms with E-state index in [2.05, 4.69) is 25.5 Å². The third-order valence-electron chi connectivity index (χ3n) is 7.84. The molecule has 0 spiro atoms. The van der Waals surface area contributed by atoms with Crippen LogP contribution in [0.2, 0.25) is 0 Å².